The van der Waals surface area contributed by atoms with E-state index in [1.165, 1.54) is 25.1 Å². The molecule has 0 saturated heterocycles. The second kappa shape index (κ2) is 9.77. The second-order valence-electron chi connectivity index (χ2n) is 5.50. The first-order chi connectivity index (χ1) is 13.6. The molecule has 1 N–H and O–H groups in total. The average Bonchev–Trinajstić information content (AvgIpc) is 3.09. The van der Waals surface area contributed by atoms with Gasteiger partial charge in [0.15, 0.2) is 15.8 Å². The molecule has 9 heteroatoms. The van der Waals surface area contributed by atoms with Crippen molar-refractivity contribution in [3.63, 3.8) is 0 Å². The van der Waals surface area contributed by atoms with Gasteiger partial charge in [0.05, 0.1) is 40.9 Å². The van der Waals surface area contributed by atoms with Crippen LogP contribution in [0.25, 0.3) is 10.2 Å². The highest BCUT2D eigenvalue weighted by molar-refractivity contribution is 8.01. The molecule has 3 aromatic rings. The van der Waals surface area contributed by atoms with Gasteiger partial charge in [-0.1, -0.05) is 35.5 Å². The summed E-state index contributed by atoms with van der Waals surface area (Å²) < 4.78 is 12.7. The van der Waals surface area contributed by atoms with Crippen LogP contribution in [0.4, 0.5) is 0 Å². The molecule has 0 spiro atoms. The molecule has 1 amide bonds. The number of thiazole rings is 1. The molecule has 0 saturated carbocycles. The highest BCUT2D eigenvalue weighted by atomic mass is 35.5. The van der Waals surface area contributed by atoms with Gasteiger partial charge in [-0.25, -0.2) is 10.4 Å². The molecule has 3 rings (SSSR count). The zero-order valence-corrected chi connectivity index (χ0v) is 17.7. The molecule has 0 aliphatic heterocycles. The molecule has 1 aromatic heterocycles. The summed E-state index contributed by atoms with van der Waals surface area (Å²) in [5.74, 6) is 1.00. The Labute approximate surface area is 175 Å². The molecule has 0 bridgehead atoms. The zero-order valence-electron chi connectivity index (χ0n) is 15.3. The fourth-order valence-electron chi connectivity index (χ4n) is 2.37. The SMILES string of the molecule is CCOc1cc(/C=N\NC(=O)CSc2nc3ccccc3s2)cc(Cl)c1OC. The molecule has 0 aliphatic carbocycles. The second-order valence-corrected chi connectivity index (χ2v) is 8.16. The maximum absolute atomic E-state index is 12.0. The van der Waals surface area contributed by atoms with Crippen molar-refractivity contribution in [1.29, 1.82) is 0 Å². The third-order valence-corrected chi connectivity index (χ3v) is 6.00. The minimum Gasteiger partial charge on any atom is -0.491 e. The number of hydrogen-bond acceptors (Lipinski definition) is 7. The molecule has 0 radical (unpaired) electrons. The summed E-state index contributed by atoms with van der Waals surface area (Å²) in [7, 11) is 1.53. The molecular formula is C19H18ClN3O3S2. The van der Waals surface area contributed by atoms with E-state index in [2.05, 4.69) is 15.5 Å². The van der Waals surface area contributed by atoms with Gasteiger partial charge in [-0.15, -0.1) is 11.3 Å². The number of hydrazone groups is 1. The van der Waals surface area contributed by atoms with Crippen LogP contribution in [0.15, 0.2) is 45.8 Å². The lowest BCUT2D eigenvalue weighted by Crippen LogP contribution is -2.19. The van der Waals surface area contributed by atoms with E-state index >= 15 is 0 Å². The first-order valence-corrected chi connectivity index (χ1v) is 10.6. The summed E-state index contributed by atoms with van der Waals surface area (Å²) in [5.41, 5.74) is 4.13. The minimum absolute atomic E-state index is 0.217. The quantitative estimate of drug-likeness (QED) is 0.318. The number of ether oxygens (including phenoxy) is 2. The maximum atomic E-state index is 12.0. The summed E-state index contributed by atoms with van der Waals surface area (Å²) in [5, 5.41) is 4.39. The van der Waals surface area contributed by atoms with Gasteiger partial charge in [0.2, 0.25) is 0 Å². The molecule has 0 aliphatic rings. The molecule has 28 heavy (non-hydrogen) atoms. The van der Waals surface area contributed by atoms with Crippen LogP contribution >= 0.6 is 34.7 Å². The Morgan fingerprint density at radius 2 is 2.21 bits per heavy atom. The zero-order chi connectivity index (χ0) is 19.9. The van der Waals surface area contributed by atoms with Crippen LogP contribution in [0, 0.1) is 0 Å². The maximum Gasteiger partial charge on any atom is 0.250 e. The largest absolute Gasteiger partial charge is 0.491 e. The molecule has 0 fully saturated rings. The highest BCUT2D eigenvalue weighted by Crippen LogP contribution is 2.35. The predicted octanol–water partition coefficient (Wildman–Crippen LogP) is 4.60. The number of halogens is 1. The monoisotopic (exact) mass is 435 g/mol. The van der Waals surface area contributed by atoms with E-state index in [4.69, 9.17) is 21.1 Å². The first kappa shape index (κ1) is 20.4. The number of carbonyl (C=O) groups excluding carboxylic acids is 1. The standard InChI is InChI=1S/C19H18ClN3O3S2/c1-3-26-15-9-12(8-13(20)18(15)25-2)10-21-23-17(24)11-27-19-22-14-6-4-5-7-16(14)28-19/h4-10H,3,11H2,1-2H3,(H,23,24)/b21-10-. The first-order valence-electron chi connectivity index (χ1n) is 8.41. The Kier molecular flexibility index (Phi) is 7.13. The van der Waals surface area contributed by atoms with Crippen LogP contribution in [-0.4, -0.2) is 36.6 Å². The number of fused-ring (bicyclic) bond motifs is 1. The Morgan fingerprint density at radius 1 is 1.39 bits per heavy atom. The van der Waals surface area contributed by atoms with Crippen LogP contribution < -0.4 is 14.9 Å². The van der Waals surface area contributed by atoms with Crippen molar-refractivity contribution >= 4 is 57.0 Å². The third-order valence-electron chi connectivity index (χ3n) is 3.54. The normalized spacial score (nSPS) is 11.1. The van der Waals surface area contributed by atoms with Crippen molar-refractivity contribution in [2.75, 3.05) is 19.5 Å². The van der Waals surface area contributed by atoms with Gasteiger partial charge in [0, 0.05) is 0 Å². The number of thioether (sulfide) groups is 1. The van der Waals surface area contributed by atoms with Gasteiger partial charge < -0.3 is 9.47 Å². The van der Waals surface area contributed by atoms with Gasteiger partial charge >= 0.3 is 0 Å². The average molecular weight is 436 g/mol. The molecule has 0 atom stereocenters. The van der Waals surface area contributed by atoms with Gasteiger partial charge in [0.25, 0.3) is 5.91 Å². The van der Waals surface area contributed by atoms with E-state index in [1.807, 2.05) is 31.2 Å². The number of hydrogen-bond donors (Lipinski definition) is 1. The van der Waals surface area contributed by atoms with E-state index in [-0.39, 0.29) is 11.7 Å². The number of para-hydroxylation sites is 1. The summed E-state index contributed by atoms with van der Waals surface area (Å²) >= 11 is 9.14. The van der Waals surface area contributed by atoms with Crippen LogP contribution in [0.5, 0.6) is 11.5 Å². The lowest BCUT2D eigenvalue weighted by atomic mass is 10.2. The van der Waals surface area contributed by atoms with Gasteiger partial charge in [-0.2, -0.15) is 5.10 Å². The molecule has 146 valence electrons. The predicted molar refractivity (Wildman–Crippen MR) is 115 cm³/mol. The number of rotatable bonds is 8. The fourth-order valence-corrected chi connectivity index (χ4v) is 4.53. The molecule has 2 aromatic carbocycles. The van der Waals surface area contributed by atoms with Crippen LogP contribution in [0.3, 0.4) is 0 Å². The minimum atomic E-state index is -0.217. The third kappa shape index (κ3) is 5.15. The number of amides is 1. The Morgan fingerprint density at radius 3 is 2.96 bits per heavy atom. The van der Waals surface area contributed by atoms with Gasteiger partial charge in [-0.3, -0.25) is 4.79 Å². The summed E-state index contributed by atoms with van der Waals surface area (Å²) in [6.07, 6.45) is 1.51. The number of methoxy groups -OCH3 is 1. The number of aromatic nitrogens is 1. The van der Waals surface area contributed by atoms with Crippen molar-refractivity contribution in [1.82, 2.24) is 10.4 Å². The van der Waals surface area contributed by atoms with Crippen molar-refractivity contribution < 1.29 is 14.3 Å². The Balaban J connectivity index is 1.57. The van der Waals surface area contributed by atoms with E-state index < -0.39 is 0 Å². The van der Waals surface area contributed by atoms with Crippen molar-refractivity contribution in [3.8, 4) is 11.5 Å². The fraction of sp³-hybridized carbons (Fsp3) is 0.211. The Bertz CT molecular complexity index is 974. The summed E-state index contributed by atoms with van der Waals surface area (Å²) in [6.45, 7) is 2.35. The van der Waals surface area contributed by atoms with E-state index in [0.717, 1.165) is 14.6 Å². The number of nitrogens with zero attached hydrogens (tertiary/aromatic N) is 2. The lowest BCUT2D eigenvalue weighted by molar-refractivity contribution is -0.118. The number of carbonyl (C=O) groups is 1. The van der Waals surface area contributed by atoms with Crippen molar-refractivity contribution in [2.24, 2.45) is 5.10 Å². The number of benzene rings is 2. The molecule has 6 nitrogen and oxygen atoms in total. The van der Waals surface area contributed by atoms with Crippen LogP contribution in [-0.2, 0) is 4.79 Å². The summed E-state index contributed by atoms with van der Waals surface area (Å²) in [4.78, 5) is 16.5. The van der Waals surface area contributed by atoms with E-state index in [1.54, 1.807) is 23.5 Å². The van der Waals surface area contributed by atoms with Gasteiger partial charge in [0.1, 0.15) is 0 Å². The van der Waals surface area contributed by atoms with Crippen molar-refractivity contribution in [2.45, 2.75) is 11.3 Å². The van der Waals surface area contributed by atoms with Gasteiger partial charge in [-0.05, 0) is 36.8 Å². The van der Waals surface area contributed by atoms with Crippen molar-refractivity contribution in [3.05, 3.63) is 47.0 Å². The highest BCUT2D eigenvalue weighted by Gasteiger charge is 2.11. The molecular weight excluding hydrogens is 418 g/mol. The summed E-state index contributed by atoms with van der Waals surface area (Å²) in [6, 6.07) is 11.3. The Hall–Kier alpha value is -2.29. The topological polar surface area (TPSA) is 72.8 Å². The number of nitrogens with one attached hydrogen (secondary N) is 1. The van der Waals surface area contributed by atoms with Crippen LogP contribution in [0.2, 0.25) is 5.02 Å². The van der Waals surface area contributed by atoms with E-state index in [9.17, 15) is 4.79 Å². The van der Waals surface area contributed by atoms with Crippen LogP contribution in [0.1, 0.15) is 12.5 Å². The van der Waals surface area contributed by atoms with E-state index in [0.29, 0.717) is 28.7 Å². The molecule has 1 heterocycles. The smallest absolute Gasteiger partial charge is 0.250 e. The molecule has 0 unspecified atom stereocenters. The lowest BCUT2D eigenvalue weighted by Gasteiger charge is -2.11.